The number of aromatic nitrogens is 1. The normalized spacial score (nSPS) is 18.2. The first kappa shape index (κ1) is 16.4. The quantitative estimate of drug-likeness (QED) is 0.847. The third kappa shape index (κ3) is 4.10. The van der Waals surface area contributed by atoms with Gasteiger partial charge in [-0.3, -0.25) is 4.79 Å². The van der Waals surface area contributed by atoms with Gasteiger partial charge in [0.1, 0.15) is 6.10 Å². The number of hydrogen-bond donors (Lipinski definition) is 0. The first-order valence-corrected chi connectivity index (χ1v) is 8.99. The van der Waals surface area contributed by atoms with Crippen molar-refractivity contribution < 1.29 is 9.53 Å². The molecule has 1 fully saturated rings. The molecule has 0 spiro atoms. The van der Waals surface area contributed by atoms with E-state index in [1.807, 2.05) is 34.5 Å². The van der Waals surface area contributed by atoms with E-state index in [4.69, 9.17) is 16.3 Å². The van der Waals surface area contributed by atoms with E-state index < -0.39 is 0 Å². The highest BCUT2D eigenvalue weighted by molar-refractivity contribution is 7.09. The Balaban J connectivity index is 1.63. The van der Waals surface area contributed by atoms with Crippen LogP contribution in [0.15, 0.2) is 29.6 Å². The molecule has 1 saturated heterocycles. The first-order valence-electron chi connectivity index (χ1n) is 7.74. The maximum absolute atomic E-state index is 12.5. The van der Waals surface area contributed by atoms with E-state index in [0.29, 0.717) is 31.1 Å². The number of nitrogens with zero attached hydrogens (tertiary/aromatic N) is 2. The lowest BCUT2D eigenvalue weighted by molar-refractivity contribution is -0.138. The van der Waals surface area contributed by atoms with Crippen molar-refractivity contribution in [1.29, 1.82) is 0 Å². The fraction of sp³-hybridized carbons (Fsp3) is 0.412. The number of aryl methyl sites for hydroxylation is 1. The second kappa shape index (κ2) is 7.43. The number of rotatable bonds is 4. The van der Waals surface area contributed by atoms with Crippen molar-refractivity contribution in [3.63, 3.8) is 0 Å². The lowest BCUT2D eigenvalue weighted by Crippen LogP contribution is -2.43. The smallest absolute Gasteiger partial charge is 0.228 e. The summed E-state index contributed by atoms with van der Waals surface area (Å²) < 4.78 is 5.81. The van der Waals surface area contributed by atoms with Crippen molar-refractivity contribution in [2.45, 2.75) is 25.9 Å². The summed E-state index contributed by atoms with van der Waals surface area (Å²) in [6.45, 7) is 3.83. The maximum Gasteiger partial charge on any atom is 0.228 e. The Bertz CT molecular complexity index is 671. The predicted molar refractivity (Wildman–Crippen MR) is 91.9 cm³/mol. The number of carbonyl (C=O) groups excluding carboxylic acids is 1. The number of ether oxygens (including phenoxy) is 1. The topological polar surface area (TPSA) is 42.4 Å². The van der Waals surface area contributed by atoms with Crippen molar-refractivity contribution in [2.24, 2.45) is 0 Å². The molecule has 1 amide bonds. The third-order valence-electron chi connectivity index (χ3n) is 3.90. The van der Waals surface area contributed by atoms with Crippen LogP contribution in [0.2, 0.25) is 5.02 Å². The van der Waals surface area contributed by atoms with E-state index >= 15 is 0 Å². The SMILES string of the molecule is CCc1nc(CC(=O)N2CCOC(c3ccc(Cl)cc3)C2)cs1. The fourth-order valence-corrected chi connectivity index (χ4v) is 3.48. The van der Waals surface area contributed by atoms with Crippen LogP contribution in [-0.2, 0) is 22.4 Å². The molecule has 1 aromatic heterocycles. The number of hydrogen-bond acceptors (Lipinski definition) is 4. The minimum atomic E-state index is -0.0911. The highest BCUT2D eigenvalue weighted by Crippen LogP contribution is 2.24. The van der Waals surface area contributed by atoms with E-state index in [0.717, 1.165) is 22.7 Å². The molecule has 3 rings (SSSR count). The van der Waals surface area contributed by atoms with Gasteiger partial charge >= 0.3 is 0 Å². The molecule has 6 heteroatoms. The molecule has 1 aliphatic rings. The van der Waals surface area contributed by atoms with Crippen molar-refractivity contribution in [1.82, 2.24) is 9.88 Å². The van der Waals surface area contributed by atoms with Gasteiger partial charge in [0.05, 0.1) is 30.3 Å². The molecule has 0 N–H and O–H groups in total. The highest BCUT2D eigenvalue weighted by atomic mass is 35.5. The summed E-state index contributed by atoms with van der Waals surface area (Å²) in [7, 11) is 0. The molecule has 1 atom stereocenters. The Morgan fingerprint density at radius 1 is 1.43 bits per heavy atom. The Labute approximate surface area is 145 Å². The summed E-state index contributed by atoms with van der Waals surface area (Å²) in [6.07, 6.45) is 1.19. The van der Waals surface area contributed by atoms with Gasteiger partial charge in [-0.2, -0.15) is 0 Å². The molecular formula is C17H19ClN2O2S. The average Bonchev–Trinajstić information content (AvgIpc) is 3.03. The molecule has 122 valence electrons. The Morgan fingerprint density at radius 2 is 2.22 bits per heavy atom. The predicted octanol–water partition coefficient (Wildman–Crippen LogP) is 3.50. The van der Waals surface area contributed by atoms with Gasteiger partial charge in [0.15, 0.2) is 0 Å². The summed E-state index contributed by atoms with van der Waals surface area (Å²) in [6, 6.07) is 7.61. The molecule has 0 saturated carbocycles. The van der Waals surface area contributed by atoms with Crippen molar-refractivity contribution in [3.05, 3.63) is 50.9 Å². The first-order chi connectivity index (χ1) is 11.2. The third-order valence-corrected chi connectivity index (χ3v) is 5.19. The second-order valence-electron chi connectivity index (χ2n) is 5.51. The Hall–Kier alpha value is -1.43. The van der Waals surface area contributed by atoms with Crippen LogP contribution in [0.25, 0.3) is 0 Å². The van der Waals surface area contributed by atoms with Crippen molar-refractivity contribution in [2.75, 3.05) is 19.7 Å². The maximum atomic E-state index is 12.5. The number of halogens is 1. The zero-order valence-electron chi connectivity index (χ0n) is 13.0. The minimum absolute atomic E-state index is 0.0911. The van der Waals surface area contributed by atoms with Crippen LogP contribution in [0.5, 0.6) is 0 Å². The molecular weight excluding hydrogens is 332 g/mol. The van der Waals surface area contributed by atoms with Crippen LogP contribution >= 0.6 is 22.9 Å². The number of amides is 1. The molecule has 0 bridgehead atoms. The molecule has 1 aromatic carbocycles. The van der Waals surface area contributed by atoms with Gasteiger partial charge in [0, 0.05) is 16.9 Å². The van der Waals surface area contributed by atoms with Crippen LogP contribution in [-0.4, -0.2) is 35.5 Å². The number of benzene rings is 1. The minimum Gasteiger partial charge on any atom is -0.370 e. The van der Waals surface area contributed by atoms with Crippen LogP contribution in [0.4, 0.5) is 0 Å². The molecule has 0 aliphatic carbocycles. The van der Waals surface area contributed by atoms with E-state index in [2.05, 4.69) is 11.9 Å². The van der Waals surface area contributed by atoms with Gasteiger partial charge in [-0.1, -0.05) is 30.7 Å². The molecule has 2 heterocycles. The van der Waals surface area contributed by atoms with Gasteiger partial charge in [0.25, 0.3) is 0 Å². The molecule has 0 radical (unpaired) electrons. The summed E-state index contributed by atoms with van der Waals surface area (Å²) in [5.74, 6) is 0.111. The van der Waals surface area contributed by atoms with Crippen LogP contribution in [0.3, 0.4) is 0 Å². The lowest BCUT2D eigenvalue weighted by Gasteiger charge is -2.33. The molecule has 1 unspecified atom stereocenters. The lowest BCUT2D eigenvalue weighted by atomic mass is 10.1. The van der Waals surface area contributed by atoms with Crippen molar-refractivity contribution >= 4 is 28.8 Å². The summed E-state index contributed by atoms with van der Waals surface area (Å²) in [5, 5.41) is 3.76. The average molecular weight is 351 g/mol. The van der Waals surface area contributed by atoms with E-state index in [1.165, 1.54) is 0 Å². The number of carbonyl (C=O) groups is 1. The van der Waals surface area contributed by atoms with Crippen LogP contribution < -0.4 is 0 Å². The van der Waals surface area contributed by atoms with Gasteiger partial charge in [0.2, 0.25) is 5.91 Å². The van der Waals surface area contributed by atoms with Gasteiger partial charge in [-0.25, -0.2) is 4.98 Å². The van der Waals surface area contributed by atoms with E-state index in [9.17, 15) is 4.79 Å². The zero-order chi connectivity index (χ0) is 16.2. The number of thiazole rings is 1. The standard InChI is InChI=1S/C17H19ClN2O2S/c1-2-16-19-14(11-23-16)9-17(21)20-7-8-22-15(10-20)12-3-5-13(18)6-4-12/h3-6,11,15H,2,7-10H2,1H3. The van der Waals surface area contributed by atoms with E-state index in [1.54, 1.807) is 11.3 Å². The van der Waals surface area contributed by atoms with Crippen LogP contribution in [0.1, 0.15) is 29.3 Å². The Morgan fingerprint density at radius 3 is 2.91 bits per heavy atom. The second-order valence-corrected chi connectivity index (χ2v) is 6.89. The number of morpholine rings is 1. The summed E-state index contributed by atoms with van der Waals surface area (Å²) in [5.41, 5.74) is 1.92. The van der Waals surface area contributed by atoms with Gasteiger partial charge in [-0.15, -0.1) is 11.3 Å². The summed E-state index contributed by atoms with van der Waals surface area (Å²) >= 11 is 7.54. The van der Waals surface area contributed by atoms with Gasteiger partial charge in [-0.05, 0) is 24.1 Å². The zero-order valence-corrected chi connectivity index (χ0v) is 14.6. The van der Waals surface area contributed by atoms with Crippen LogP contribution in [0, 0.1) is 0 Å². The highest BCUT2D eigenvalue weighted by Gasteiger charge is 2.25. The Kier molecular flexibility index (Phi) is 5.30. The van der Waals surface area contributed by atoms with E-state index in [-0.39, 0.29) is 12.0 Å². The van der Waals surface area contributed by atoms with Crippen molar-refractivity contribution in [3.8, 4) is 0 Å². The monoisotopic (exact) mass is 350 g/mol. The molecule has 23 heavy (non-hydrogen) atoms. The fourth-order valence-electron chi connectivity index (χ4n) is 2.61. The molecule has 4 nitrogen and oxygen atoms in total. The summed E-state index contributed by atoms with van der Waals surface area (Å²) in [4.78, 5) is 18.9. The molecule has 2 aromatic rings. The van der Waals surface area contributed by atoms with Gasteiger partial charge < -0.3 is 9.64 Å². The molecule has 1 aliphatic heterocycles. The largest absolute Gasteiger partial charge is 0.370 e.